The fraction of sp³-hybridized carbons (Fsp3) is 0.320. The van der Waals surface area contributed by atoms with Crippen LogP contribution in [0.4, 0.5) is 5.69 Å². The fourth-order valence-electron chi connectivity index (χ4n) is 3.75. The van der Waals surface area contributed by atoms with Crippen LogP contribution in [-0.4, -0.2) is 42.8 Å². The Hall–Kier alpha value is -3.66. The number of fused-ring (bicyclic) bond motifs is 3. The van der Waals surface area contributed by atoms with Crippen molar-refractivity contribution in [1.82, 2.24) is 24.5 Å². The molecule has 0 aliphatic rings. The van der Waals surface area contributed by atoms with Crippen LogP contribution < -0.4 is 16.2 Å². The van der Waals surface area contributed by atoms with Gasteiger partial charge in [-0.2, -0.15) is 0 Å². The largest absolute Gasteiger partial charge is 0.350 e. The Morgan fingerprint density at radius 3 is 2.51 bits per heavy atom. The second-order valence-corrected chi connectivity index (χ2v) is 9.58. The Bertz CT molecular complexity index is 1460. The van der Waals surface area contributed by atoms with E-state index in [1.165, 1.54) is 11.8 Å². The van der Waals surface area contributed by atoms with Gasteiger partial charge < -0.3 is 10.6 Å². The minimum absolute atomic E-state index is 0.0242. The van der Waals surface area contributed by atoms with Gasteiger partial charge in [0.25, 0.3) is 11.5 Å². The summed E-state index contributed by atoms with van der Waals surface area (Å²) in [5, 5.41) is 15.2. The van der Waals surface area contributed by atoms with Gasteiger partial charge in [0.15, 0.2) is 5.16 Å². The third-order valence-corrected chi connectivity index (χ3v) is 6.30. The molecule has 0 radical (unpaired) electrons. The number of aromatic nitrogens is 4. The Morgan fingerprint density at radius 2 is 1.83 bits per heavy atom. The number of anilines is 1. The average Bonchev–Trinajstić information content (AvgIpc) is 3.25. The molecule has 2 amide bonds. The number of thioether (sulfide) groups is 1. The molecule has 4 rings (SSSR count). The number of rotatable bonds is 8. The fourth-order valence-corrected chi connectivity index (χ4v) is 4.49. The zero-order chi connectivity index (χ0) is 25.1. The molecule has 0 saturated carbocycles. The summed E-state index contributed by atoms with van der Waals surface area (Å²) in [5.41, 5.74) is 2.60. The zero-order valence-corrected chi connectivity index (χ0v) is 21.0. The first kappa shape index (κ1) is 24.5. The van der Waals surface area contributed by atoms with Gasteiger partial charge in [0.1, 0.15) is 0 Å². The number of amides is 2. The Morgan fingerprint density at radius 1 is 1.09 bits per heavy atom. The molecule has 10 heteroatoms. The van der Waals surface area contributed by atoms with Crippen LogP contribution in [0.3, 0.4) is 0 Å². The lowest BCUT2D eigenvalue weighted by Gasteiger charge is -2.13. The van der Waals surface area contributed by atoms with Crippen LogP contribution >= 0.6 is 11.8 Å². The summed E-state index contributed by atoms with van der Waals surface area (Å²) in [6.45, 7) is 8.21. The number of carbonyl (C=O) groups excluding carboxylic acids is 2. The van der Waals surface area contributed by atoms with Crippen LogP contribution in [0.25, 0.3) is 16.7 Å². The van der Waals surface area contributed by atoms with Crippen LogP contribution in [0.15, 0.2) is 52.4 Å². The van der Waals surface area contributed by atoms with Crippen LogP contribution in [-0.2, 0) is 11.3 Å². The standard InChI is InChI=1S/C25H28N6O3S/c1-5-12-30-23(34)19-11-8-17(22(33)26-15(2)3)13-20(19)31-24(30)28-29-25(31)35-14-21(32)27-18-9-6-16(4)7-10-18/h6-11,13,15H,5,12,14H2,1-4H3,(H,26,33)(H,27,32). The van der Waals surface area contributed by atoms with Gasteiger partial charge in [0, 0.05) is 23.8 Å². The molecule has 0 atom stereocenters. The molecule has 0 saturated heterocycles. The number of benzene rings is 2. The molecule has 0 bridgehead atoms. The third kappa shape index (κ3) is 5.22. The quantitative estimate of drug-likeness (QED) is 0.364. The van der Waals surface area contributed by atoms with Crippen molar-refractivity contribution in [2.45, 2.75) is 51.9 Å². The summed E-state index contributed by atoms with van der Waals surface area (Å²) >= 11 is 1.22. The summed E-state index contributed by atoms with van der Waals surface area (Å²) in [6.07, 6.45) is 0.740. The van der Waals surface area contributed by atoms with E-state index in [1.807, 2.05) is 52.0 Å². The second-order valence-electron chi connectivity index (χ2n) is 8.64. The van der Waals surface area contributed by atoms with E-state index in [-0.39, 0.29) is 29.2 Å². The van der Waals surface area contributed by atoms with Crippen LogP contribution in [0, 0.1) is 6.92 Å². The van der Waals surface area contributed by atoms with Gasteiger partial charge in [-0.1, -0.05) is 36.4 Å². The van der Waals surface area contributed by atoms with Gasteiger partial charge in [-0.05, 0) is 57.5 Å². The molecule has 35 heavy (non-hydrogen) atoms. The van der Waals surface area contributed by atoms with Crippen LogP contribution in [0.2, 0.25) is 0 Å². The van der Waals surface area contributed by atoms with Crippen molar-refractivity contribution in [3.63, 3.8) is 0 Å². The lowest BCUT2D eigenvalue weighted by atomic mass is 10.1. The van der Waals surface area contributed by atoms with Gasteiger partial charge in [0.05, 0.1) is 16.7 Å². The van der Waals surface area contributed by atoms with Gasteiger partial charge >= 0.3 is 0 Å². The first-order chi connectivity index (χ1) is 16.8. The first-order valence-electron chi connectivity index (χ1n) is 11.5. The van der Waals surface area contributed by atoms with Crippen LogP contribution in [0.1, 0.15) is 43.1 Å². The lowest BCUT2D eigenvalue weighted by molar-refractivity contribution is -0.113. The monoisotopic (exact) mass is 492 g/mol. The molecule has 4 aromatic rings. The average molecular weight is 493 g/mol. The summed E-state index contributed by atoms with van der Waals surface area (Å²) in [6, 6.07) is 12.5. The zero-order valence-electron chi connectivity index (χ0n) is 20.2. The molecule has 0 fully saturated rings. The van der Waals surface area contributed by atoms with Crippen molar-refractivity contribution in [2.24, 2.45) is 0 Å². The molecular weight excluding hydrogens is 464 g/mol. The Kier molecular flexibility index (Phi) is 7.20. The number of carbonyl (C=O) groups is 2. The topological polar surface area (TPSA) is 110 Å². The van der Waals surface area contributed by atoms with E-state index in [0.717, 1.165) is 17.7 Å². The SMILES string of the molecule is CCCn1c(=O)c2ccc(C(=O)NC(C)C)cc2n2c(SCC(=O)Nc3ccc(C)cc3)nnc12. The van der Waals surface area contributed by atoms with Crippen molar-refractivity contribution in [3.05, 3.63) is 63.9 Å². The second kappa shape index (κ2) is 10.3. The third-order valence-electron chi connectivity index (χ3n) is 5.37. The molecule has 0 aliphatic carbocycles. The van der Waals surface area contributed by atoms with Gasteiger partial charge in [0.2, 0.25) is 11.7 Å². The molecule has 2 aromatic carbocycles. The lowest BCUT2D eigenvalue weighted by Crippen LogP contribution is -2.30. The van der Waals surface area contributed by atoms with Crippen molar-refractivity contribution < 1.29 is 9.59 Å². The molecule has 0 aliphatic heterocycles. The van der Waals surface area contributed by atoms with Crippen LogP contribution in [0.5, 0.6) is 0 Å². The maximum absolute atomic E-state index is 13.2. The minimum Gasteiger partial charge on any atom is -0.350 e. The molecule has 0 unspecified atom stereocenters. The molecule has 2 N–H and O–H groups in total. The predicted molar refractivity (Wildman–Crippen MR) is 138 cm³/mol. The molecular formula is C25H28N6O3S. The van der Waals surface area contributed by atoms with Crippen molar-refractivity contribution >= 4 is 45.9 Å². The highest BCUT2D eigenvalue weighted by Crippen LogP contribution is 2.23. The van der Waals surface area contributed by atoms with E-state index in [0.29, 0.717) is 33.9 Å². The van der Waals surface area contributed by atoms with E-state index in [9.17, 15) is 14.4 Å². The Balaban J connectivity index is 1.72. The normalized spacial score (nSPS) is 11.3. The highest BCUT2D eigenvalue weighted by Gasteiger charge is 2.19. The van der Waals surface area contributed by atoms with Gasteiger partial charge in [-0.3, -0.25) is 23.4 Å². The summed E-state index contributed by atoms with van der Waals surface area (Å²) in [4.78, 5) is 38.4. The maximum atomic E-state index is 13.2. The van der Waals surface area contributed by atoms with Crippen molar-refractivity contribution in [1.29, 1.82) is 0 Å². The van der Waals surface area contributed by atoms with E-state index >= 15 is 0 Å². The molecule has 182 valence electrons. The van der Waals surface area contributed by atoms with Crippen molar-refractivity contribution in [3.8, 4) is 0 Å². The van der Waals surface area contributed by atoms with E-state index in [4.69, 9.17) is 0 Å². The number of nitrogens with one attached hydrogen (secondary N) is 2. The Labute approximate surface area is 206 Å². The molecule has 9 nitrogen and oxygen atoms in total. The molecule has 0 spiro atoms. The minimum atomic E-state index is -0.229. The number of hydrogen-bond donors (Lipinski definition) is 2. The van der Waals surface area contributed by atoms with Gasteiger partial charge in [-0.25, -0.2) is 0 Å². The summed E-state index contributed by atoms with van der Waals surface area (Å²) in [5.74, 6) is 0.0786. The smallest absolute Gasteiger partial charge is 0.262 e. The molecule has 2 aromatic heterocycles. The summed E-state index contributed by atoms with van der Waals surface area (Å²) < 4.78 is 3.34. The number of aryl methyl sites for hydroxylation is 2. The van der Waals surface area contributed by atoms with Crippen molar-refractivity contribution in [2.75, 3.05) is 11.1 Å². The van der Waals surface area contributed by atoms with E-state index in [2.05, 4.69) is 20.8 Å². The highest BCUT2D eigenvalue weighted by molar-refractivity contribution is 7.99. The predicted octanol–water partition coefficient (Wildman–Crippen LogP) is 3.63. The number of hydrogen-bond acceptors (Lipinski definition) is 6. The van der Waals surface area contributed by atoms with E-state index in [1.54, 1.807) is 27.2 Å². The first-order valence-corrected chi connectivity index (χ1v) is 12.5. The van der Waals surface area contributed by atoms with Gasteiger partial charge in [-0.15, -0.1) is 10.2 Å². The summed E-state index contributed by atoms with van der Waals surface area (Å²) in [7, 11) is 0. The maximum Gasteiger partial charge on any atom is 0.262 e. The molecule has 2 heterocycles. The highest BCUT2D eigenvalue weighted by atomic mass is 32.2. The number of nitrogens with zero attached hydrogens (tertiary/aromatic N) is 4. The van der Waals surface area contributed by atoms with E-state index < -0.39 is 0 Å².